The highest BCUT2D eigenvalue weighted by Crippen LogP contribution is 2.06. The van der Waals surface area contributed by atoms with Crippen LogP contribution in [-0.4, -0.2) is 30.4 Å². The second-order valence-corrected chi connectivity index (χ2v) is 2.99. The molecule has 2 aromatic rings. The Labute approximate surface area is 85.8 Å². The van der Waals surface area contributed by atoms with Crippen LogP contribution in [0.3, 0.4) is 0 Å². The van der Waals surface area contributed by atoms with Crippen molar-refractivity contribution in [2.75, 3.05) is 0 Å². The van der Waals surface area contributed by atoms with Gasteiger partial charge in [0.25, 0.3) is 0 Å². The number of imidazole rings is 1. The lowest BCUT2D eigenvalue weighted by atomic mass is 10.4. The molecule has 6 nitrogen and oxygen atoms in total. The predicted molar refractivity (Wildman–Crippen MR) is 52.0 cm³/mol. The van der Waals surface area contributed by atoms with E-state index in [9.17, 15) is 4.79 Å². The third-order valence-electron chi connectivity index (χ3n) is 2.07. The molecular formula is C9H10N4O2. The average molecular weight is 206 g/mol. The number of nitrogens with zero attached hydrogens (tertiary/aromatic N) is 4. The Hall–Kier alpha value is -2.11. The Kier molecular flexibility index (Phi) is 2.24. The number of hydrogen-bond donors (Lipinski definition) is 1. The van der Waals surface area contributed by atoms with Crippen molar-refractivity contribution in [3.63, 3.8) is 0 Å². The second-order valence-electron chi connectivity index (χ2n) is 2.99. The molecule has 0 atom stereocenters. The van der Waals surface area contributed by atoms with Gasteiger partial charge in [-0.3, -0.25) is 0 Å². The van der Waals surface area contributed by atoms with Crippen LogP contribution in [0.1, 0.15) is 17.3 Å². The SMILES string of the molecule is CCn1ccnc1-n1cc(C(=O)O)cn1. The van der Waals surface area contributed by atoms with E-state index >= 15 is 0 Å². The Morgan fingerprint density at radius 3 is 3.00 bits per heavy atom. The minimum Gasteiger partial charge on any atom is -0.478 e. The van der Waals surface area contributed by atoms with Gasteiger partial charge in [0.2, 0.25) is 5.95 Å². The largest absolute Gasteiger partial charge is 0.478 e. The molecule has 6 heteroatoms. The van der Waals surface area contributed by atoms with Gasteiger partial charge in [0, 0.05) is 25.1 Å². The molecule has 0 radical (unpaired) electrons. The van der Waals surface area contributed by atoms with Gasteiger partial charge in [-0.2, -0.15) is 5.10 Å². The van der Waals surface area contributed by atoms with Gasteiger partial charge in [-0.15, -0.1) is 0 Å². The summed E-state index contributed by atoms with van der Waals surface area (Å²) in [6.07, 6.45) is 6.21. The van der Waals surface area contributed by atoms with Crippen LogP contribution in [-0.2, 0) is 6.54 Å². The van der Waals surface area contributed by atoms with E-state index in [-0.39, 0.29) is 5.56 Å². The number of rotatable bonds is 3. The number of aromatic nitrogens is 4. The van der Waals surface area contributed by atoms with E-state index < -0.39 is 5.97 Å². The van der Waals surface area contributed by atoms with Crippen molar-refractivity contribution in [2.45, 2.75) is 13.5 Å². The zero-order chi connectivity index (χ0) is 10.8. The lowest BCUT2D eigenvalue weighted by Gasteiger charge is -2.02. The molecule has 0 aliphatic rings. The summed E-state index contributed by atoms with van der Waals surface area (Å²) >= 11 is 0. The van der Waals surface area contributed by atoms with Crippen molar-refractivity contribution in [3.8, 4) is 5.95 Å². The van der Waals surface area contributed by atoms with Gasteiger partial charge in [-0.05, 0) is 6.92 Å². The summed E-state index contributed by atoms with van der Waals surface area (Å²) in [5.74, 6) is -0.374. The molecule has 0 unspecified atom stereocenters. The zero-order valence-electron chi connectivity index (χ0n) is 8.16. The average Bonchev–Trinajstić information content (AvgIpc) is 2.85. The predicted octanol–water partition coefficient (Wildman–Crippen LogP) is 0.787. The van der Waals surface area contributed by atoms with Crippen molar-refractivity contribution in [3.05, 3.63) is 30.4 Å². The summed E-state index contributed by atoms with van der Waals surface area (Å²) in [5, 5.41) is 12.7. The molecule has 0 fully saturated rings. The Morgan fingerprint density at radius 2 is 2.40 bits per heavy atom. The standard InChI is InChI=1S/C9H10N4O2/c1-2-12-4-3-10-9(12)13-6-7(5-11-13)8(14)15/h3-6H,2H2,1H3,(H,14,15). The topological polar surface area (TPSA) is 72.9 Å². The van der Waals surface area contributed by atoms with Crippen molar-refractivity contribution in [2.24, 2.45) is 0 Å². The highest BCUT2D eigenvalue weighted by molar-refractivity contribution is 5.86. The molecule has 15 heavy (non-hydrogen) atoms. The number of carbonyl (C=O) groups is 1. The van der Waals surface area contributed by atoms with Crippen LogP contribution < -0.4 is 0 Å². The first kappa shape index (κ1) is 9.45. The number of carboxylic acids is 1. The number of aromatic carboxylic acids is 1. The molecule has 1 N–H and O–H groups in total. The Bertz CT molecular complexity index is 486. The minimum absolute atomic E-state index is 0.153. The Morgan fingerprint density at radius 1 is 1.60 bits per heavy atom. The fraction of sp³-hybridized carbons (Fsp3) is 0.222. The van der Waals surface area contributed by atoms with Crippen LogP contribution in [0.4, 0.5) is 0 Å². The van der Waals surface area contributed by atoms with Crippen LogP contribution in [0, 0.1) is 0 Å². The first-order valence-electron chi connectivity index (χ1n) is 4.52. The van der Waals surface area contributed by atoms with E-state index in [1.165, 1.54) is 17.1 Å². The van der Waals surface area contributed by atoms with E-state index in [1.807, 2.05) is 17.7 Å². The Balaban J connectivity index is 2.41. The normalized spacial score (nSPS) is 10.5. The highest BCUT2D eigenvalue weighted by atomic mass is 16.4. The fourth-order valence-electron chi connectivity index (χ4n) is 1.30. The molecule has 2 aromatic heterocycles. The first-order valence-corrected chi connectivity index (χ1v) is 4.52. The molecule has 0 amide bonds. The summed E-state index contributed by atoms with van der Waals surface area (Å²) in [5.41, 5.74) is 0.153. The summed E-state index contributed by atoms with van der Waals surface area (Å²) in [6, 6.07) is 0. The molecule has 2 rings (SSSR count). The molecule has 0 aliphatic carbocycles. The maximum Gasteiger partial charge on any atom is 0.338 e. The van der Waals surface area contributed by atoms with E-state index in [0.717, 1.165) is 6.54 Å². The van der Waals surface area contributed by atoms with Gasteiger partial charge < -0.3 is 9.67 Å². The van der Waals surface area contributed by atoms with E-state index in [1.54, 1.807) is 6.20 Å². The number of hydrogen-bond acceptors (Lipinski definition) is 3. The van der Waals surface area contributed by atoms with Crippen LogP contribution in [0.2, 0.25) is 0 Å². The van der Waals surface area contributed by atoms with E-state index in [2.05, 4.69) is 10.1 Å². The van der Waals surface area contributed by atoms with Gasteiger partial charge in [0.05, 0.1) is 11.8 Å². The van der Waals surface area contributed by atoms with Crippen molar-refractivity contribution in [1.82, 2.24) is 19.3 Å². The molecule has 0 spiro atoms. The molecule has 0 saturated carbocycles. The minimum atomic E-state index is -0.990. The summed E-state index contributed by atoms with van der Waals surface area (Å²) in [6.45, 7) is 2.74. The van der Waals surface area contributed by atoms with Gasteiger partial charge in [-0.25, -0.2) is 14.5 Å². The van der Waals surface area contributed by atoms with Crippen molar-refractivity contribution < 1.29 is 9.90 Å². The lowest BCUT2D eigenvalue weighted by molar-refractivity contribution is 0.0697. The molecule has 2 heterocycles. The van der Waals surface area contributed by atoms with Gasteiger partial charge in [0.15, 0.2) is 0 Å². The van der Waals surface area contributed by atoms with Crippen LogP contribution >= 0.6 is 0 Å². The van der Waals surface area contributed by atoms with Gasteiger partial charge >= 0.3 is 5.97 Å². The third kappa shape index (κ3) is 1.61. The summed E-state index contributed by atoms with van der Waals surface area (Å²) < 4.78 is 3.32. The number of aryl methyl sites for hydroxylation is 1. The lowest BCUT2D eigenvalue weighted by Crippen LogP contribution is -2.05. The highest BCUT2D eigenvalue weighted by Gasteiger charge is 2.09. The van der Waals surface area contributed by atoms with E-state index in [0.29, 0.717) is 5.95 Å². The molecule has 0 aliphatic heterocycles. The van der Waals surface area contributed by atoms with E-state index in [4.69, 9.17) is 5.11 Å². The smallest absolute Gasteiger partial charge is 0.338 e. The number of carboxylic acid groups (broad SMARTS) is 1. The van der Waals surface area contributed by atoms with Crippen molar-refractivity contribution in [1.29, 1.82) is 0 Å². The van der Waals surface area contributed by atoms with Crippen molar-refractivity contribution >= 4 is 5.97 Å². The molecule has 78 valence electrons. The monoisotopic (exact) mass is 206 g/mol. The maximum absolute atomic E-state index is 10.7. The quantitative estimate of drug-likeness (QED) is 0.805. The van der Waals surface area contributed by atoms with Crippen LogP contribution in [0.15, 0.2) is 24.8 Å². The van der Waals surface area contributed by atoms with Gasteiger partial charge in [-0.1, -0.05) is 0 Å². The summed E-state index contributed by atoms with van der Waals surface area (Å²) in [4.78, 5) is 14.8. The van der Waals surface area contributed by atoms with Crippen LogP contribution in [0.25, 0.3) is 5.95 Å². The van der Waals surface area contributed by atoms with Crippen LogP contribution in [0.5, 0.6) is 0 Å². The first-order chi connectivity index (χ1) is 7.22. The molecule has 0 bridgehead atoms. The maximum atomic E-state index is 10.7. The van der Waals surface area contributed by atoms with Gasteiger partial charge in [0.1, 0.15) is 0 Å². The molecule has 0 saturated heterocycles. The molecule has 0 aromatic carbocycles. The summed E-state index contributed by atoms with van der Waals surface area (Å²) in [7, 11) is 0. The third-order valence-corrected chi connectivity index (χ3v) is 2.07. The molecular weight excluding hydrogens is 196 g/mol. The second kappa shape index (κ2) is 3.56. The zero-order valence-corrected chi connectivity index (χ0v) is 8.16. The fourth-order valence-corrected chi connectivity index (χ4v) is 1.30.